The van der Waals surface area contributed by atoms with Crippen LogP contribution < -0.4 is 19.6 Å². The van der Waals surface area contributed by atoms with Crippen molar-refractivity contribution in [3.63, 3.8) is 0 Å². The topological polar surface area (TPSA) is 43.6 Å². The highest BCUT2D eigenvalue weighted by molar-refractivity contribution is 9.10. The fourth-order valence-corrected chi connectivity index (χ4v) is 6.83. The van der Waals surface area contributed by atoms with E-state index in [9.17, 15) is 9.18 Å². The second-order valence-corrected chi connectivity index (χ2v) is 12.1. The SMILES string of the molecule is O=c1/c(=C\c2cccc(OCc3ccc(Br)cc3)c2)sc2n1[C@H](c1ccc(F)cc1)C1=C(N=2)c2ccccc2CC1. The molecule has 1 aliphatic carbocycles. The number of nitrogens with zero attached hydrogens (tertiary/aromatic N) is 2. The lowest BCUT2D eigenvalue weighted by Crippen LogP contribution is -2.38. The van der Waals surface area contributed by atoms with E-state index in [4.69, 9.17) is 9.73 Å². The Morgan fingerprint density at radius 3 is 2.61 bits per heavy atom. The van der Waals surface area contributed by atoms with Crippen LogP contribution in [0.15, 0.2) is 117 Å². The minimum atomic E-state index is -0.335. The molecule has 1 atom stereocenters. The van der Waals surface area contributed by atoms with Crippen LogP contribution in [0.2, 0.25) is 0 Å². The van der Waals surface area contributed by atoms with Crippen LogP contribution in [0.25, 0.3) is 11.8 Å². The van der Waals surface area contributed by atoms with E-state index in [0.717, 1.165) is 56.6 Å². The molecule has 0 radical (unpaired) electrons. The summed E-state index contributed by atoms with van der Waals surface area (Å²) in [7, 11) is 0. The van der Waals surface area contributed by atoms with Gasteiger partial charge < -0.3 is 4.74 Å². The molecule has 0 N–H and O–H groups in total. The summed E-state index contributed by atoms with van der Waals surface area (Å²) in [6, 6.07) is 30.2. The van der Waals surface area contributed by atoms with Crippen LogP contribution in [-0.2, 0) is 13.0 Å². The first-order chi connectivity index (χ1) is 20.0. The predicted molar refractivity (Wildman–Crippen MR) is 164 cm³/mol. The summed E-state index contributed by atoms with van der Waals surface area (Å²) in [6.07, 6.45) is 3.56. The minimum absolute atomic E-state index is 0.102. The lowest BCUT2D eigenvalue weighted by Gasteiger charge is -2.30. The van der Waals surface area contributed by atoms with Gasteiger partial charge in [-0.3, -0.25) is 9.36 Å². The minimum Gasteiger partial charge on any atom is -0.489 e. The zero-order chi connectivity index (χ0) is 27.9. The van der Waals surface area contributed by atoms with E-state index in [0.29, 0.717) is 15.9 Å². The number of benzene rings is 4. The highest BCUT2D eigenvalue weighted by atomic mass is 79.9. The molecule has 202 valence electrons. The van der Waals surface area contributed by atoms with E-state index < -0.39 is 0 Å². The van der Waals surface area contributed by atoms with Crippen molar-refractivity contribution in [3.8, 4) is 5.75 Å². The molecule has 0 spiro atoms. The van der Waals surface area contributed by atoms with Gasteiger partial charge in [0.1, 0.15) is 18.2 Å². The molecule has 0 amide bonds. The third kappa shape index (κ3) is 5.00. The molecule has 0 saturated carbocycles. The van der Waals surface area contributed by atoms with Crippen molar-refractivity contribution in [1.82, 2.24) is 4.57 Å². The van der Waals surface area contributed by atoms with Crippen molar-refractivity contribution >= 4 is 39.0 Å². The van der Waals surface area contributed by atoms with Gasteiger partial charge in [0.2, 0.25) is 0 Å². The molecular weight excluding hydrogens is 599 g/mol. The lowest BCUT2D eigenvalue weighted by molar-refractivity contribution is 0.306. The molecule has 7 rings (SSSR count). The van der Waals surface area contributed by atoms with Gasteiger partial charge in [-0.05, 0) is 83.1 Å². The largest absolute Gasteiger partial charge is 0.489 e. The van der Waals surface area contributed by atoms with Gasteiger partial charge in [0.25, 0.3) is 5.56 Å². The normalized spacial score (nSPS) is 16.0. The number of allylic oxidation sites excluding steroid dienone is 1. The quantitative estimate of drug-likeness (QED) is 0.216. The first kappa shape index (κ1) is 25.9. The summed E-state index contributed by atoms with van der Waals surface area (Å²) in [4.78, 5) is 19.7. The molecule has 41 heavy (non-hydrogen) atoms. The maximum absolute atomic E-state index is 14.0. The molecule has 4 nitrogen and oxygen atoms in total. The number of rotatable bonds is 5. The van der Waals surface area contributed by atoms with Gasteiger partial charge in [0.05, 0.1) is 16.3 Å². The van der Waals surface area contributed by atoms with Gasteiger partial charge >= 0.3 is 0 Å². The van der Waals surface area contributed by atoms with E-state index in [1.165, 1.54) is 29.0 Å². The molecule has 0 fully saturated rings. The molecule has 5 aromatic rings. The Bertz CT molecular complexity index is 1990. The Morgan fingerprint density at radius 2 is 1.78 bits per heavy atom. The first-order valence-electron chi connectivity index (χ1n) is 13.4. The van der Waals surface area contributed by atoms with Crippen LogP contribution in [-0.4, -0.2) is 4.57 Å². The van der Waals surface area contributed by atoms with Crippen molar-refractivity contribution in [2.45, 2.75) is 25.5 Å². The van der Waals surface area contributed by atoms with Crippen molar-refractivity contribution in [3.05, 3.63) is 160 Å². The van der Waals surface area contributed by atoms with Crippen molar-refractivity contribution < 1.29 is 9.13 Å². The van der Waals surface area contributed by atoms with Crippen LogP contribution in [0.1, 0.15) is 40.3 Å². The summed E-state index contributed by atoms with van der Waals surface area (Å²) in [6.45, 7) is 0.448. The third-order valence-corrected chi connectivity index (χ3v) is 9.04. The second-order valence-electron chi connectivity index (χ2n) is 10.2. The number of fused-ring (bicyclic) bond motifs is 3. The smallest absolute Gasteiger partial charge is 0.271 e. The second kappa shape index (κ2) is 10.7. The first-order valence-corrected chi connectivity index (χ1v) is 15.0. The number of thiazole rings is 1. The van der Waals surface area contributed by atoms with Gasteiger partial charge in [-0.25, -0.2) is 9.38 Å². The molecular formula is C34H24BrFN2O2S. The van der Waals surface area contributed by atoms with Crippen LogP contribution in [0.4, 0.5) is 4.39 Å². The lowest BCUT2D eigenvalue weighted by atomic mass is 9.83. The molecule has 0 unspecified atom stereocenters. The van der Waals surface area contributed by atoms with Gasteiger partial charge in [-0.15, -0.1) is 0 Å². The molecule has 0 saturated heterocycles. The summed E-state index contributed by atoms with van der Waals surface area (Å²) >= 11 is 4.84. The Kier molecular flexibility index (Phi) is 6.77. The van der Waals surface area contributed by atoms with Gasteiger partial charge in [-0.1, -0.05) is 87.9 Å². The fraction of sp³-hybridized carbons (Fsp3) is 0.118. The molecule has 2 aliphatic rings. The Balaban J connectivity index is 1.30. The van der Waals surface area contributed by atoms with Crippen LogP contribution in [0.5, 0.6) is 5.75 Å². The average molecular weight is 624 g/mol. The third-order valence-electron chi connectivity index (χ3n) is 7.53. The standard InChI is InChI=1S/C34H24BrFN2O2S/c35-25-13-8-21(9-14-25)20-40-27-6-3-4-22(18-27)19-30-33(39)38-32(24-10-15-26(36)16-11-24)29-17-12-23-5-1-2-7-28(23)31(29)37-34(38)41-30/h1-11,13-16,18-19,32H,12,17,20H2/b30-19+/t32-/m1/s1. The van der Waals surface area contributed by atoms with Gasteiger partial charge in [-0.2, -0.15) is 0 Å². The van der Waals surface area contributed by atoms with Crippen LogP contribution in [0, 0.1) is 5.82 Å². The molecule has 1 aliphatic heterocycles. The molecule has 0 bridgehead atoms. The van der Waals surface area contributed by atoms with Crippen molar-refractivity contribution in [2.24, 2.45) is 4.99 Å². The molecule has 4 aromatic carbocycles. The number of ether oxygens (including phenoxy) is 1. The average Bonchev–Trinajstić information content (AvgIpc) is 3.30. The Morgan fingerprint density at radius 1 is 0.976 bits per heavy atom. The number of halogens is 2. The zero-order valence-corrected chi connectivity index (χ0v) is 24.3. The summed E-state index contributed by atoms with van der Waals surface area (Å²) in [5, 5.41) is 0. The van der Waals surface area contributed by atoms with E-state index in [1.807, 2.05) is 60.7 Å². The summed E-state index contributed by atoms with van der Waals surface area (Å²) < 4.78 is 23.3. The maximum atomic E-state index is 14.0. The van der Waals surface area contributed by atoms with Crippen molar-refractivity contribution in [1.29, 1.82) is 0 Å². The van der Waals surface area contributed by atoms with E-state index in [1.54, 1.807) is 16.7 Å². The maximum Gasteiger partial charge on any atom is 0.271 e. The summed E-state index contributed by atoms with van der Waals surface area (Å²) in [5.41, 5.74) is 7.10. The van der Waals surface area contributed by atoms with Gasteiger partial charge in [0, 0.05) is 10.0 Å². The number of hydrogen-bond acceptors (Lipinski definition) is 4. The highest BCUT2D eigenvalue weighted by Gasteiger charge is 2.32. The van der Waals surface area contributed by atoms with Gasteiger partial charge in [0.15, 0.2) is 4.80 Å². The highest BCUT2D eigenvalue weighted by Crippen LogP contribution is 2.41. The molecule has 1 aromatic heterocycles. The summed E-state index contributed by atoms with van der Waals surface area (Å²) in [5.74, 6) is 0.428. The number of aryl methyl sites for hydroxylation is 1. The molecule has 7 heteroatoms. The van der Waals surface area contributed by atoms with Crippen LogP contribution >= 0.6 is 27.3 Å². The zero-order valence-electron chi connectivity index (χ0n) is 21.9. The molecule has 2 heterocycles. The number of hydrogen-bond donors (Lipinski definition) is 0. The van der Waals surface area contributed by atoms with E-state index >= 15 is 0 Å². The Hall–Kier alpha value is -4.07. The number of aromatic nitrogens is 1. The predicted octanol–water partition coefficient (Wildman–Crippen LogP) is 6.80. The van der Waals surface area contributed by atoms with Crippen molar-refractivity contribution in [2.75, 3.05) is 0 Å². The van der Waals surface area contributed by atoms with E-state index in [-0.39, 0.29) is 17.4 Å². The monoisotopic (exact) mass is 622 g/mol. The van der Waals surface area contributed by atoms with Crippen LogP contribution in [0.3, 0.4) is 0 Å². The van der Waals surface area contributed by atoms with E-state index in [2.05, 4.69) is 34.1 Å². The Labute approximate surface area is 248 Å². The fourth-order valence-electron chi connectivity index (χ4n) is 5.56.